The van der Waals surface area contributed by atoms with Crippen LogP contribution in [0, 0.1) is 0 Å². The molecule has 58 valence electrons. The molecule has 0 rings (SSSR count). The van der Waals surface area contributed by atoms with Gasteiger partial charge in [-0.2, -0.15) is 0 Å². The molecule has 0 spiro atoms. The van der Waals surface area contributed by atoms with E-state index in [-0.39, 0.29) is 0 Å². The summed E-state index contributed by atoms with van der Waals surface area (Å²) in [7, 11) is 0. The number of rotatable bonds is 5. The lowest BCUT2D eigenvalue weighted by molar-refractivity contribution is 0.895. The van der Waals surface area contributed by atoms with Gasteiger partial charge < -0.3 is 0 Å². The molecule has 0 heteroatoms. The van der Waals surface area contributed by atoms with Crippen molar-refractivity contribution < 1.29 is 0 Å². The maximum Gasteiger partial charge on any atom is -0.0286 e. The van der Waals surface area contributed by atoms with Gasteiger partial charge >= 0.3 is 0 Å². The Kier molecular flexibility index (Phi) is 6.25. The Morgan fingerprint density at radius 1 is 1.40 bits per heavy atom. The Balaban J connectivity index is 3.59. The summed E-state index contributed by atoms with van der Waals surface area (Å²) in [5, 5.41) is 0. The smallest absolute Gasteiger partial charge is 0.0286 e. The molecule has 0 aromatic heterocycles. The van der Waals surface area contributed by atoms with Gasteiger partial charge in [0.25, 0.3) is 0 Å². The highest BCUT2D eigenvalue weighted by Crippen LogP contribution is 2.09. The fraction of sp³-hybridized carbons (Fsp3) is 0.600. The summed E-state index contributed by atoms with van der Waals surface area (Å²) in [5.41, 5.74) is 1.57. The Morgan fingerprint density at radius 2 is 2.10 bits per heavy atom. The first-order chi connectivity index (χ1) is 4.85. The van der Waals surface area contributed by atoms with E-state index in [1.54, 1.807) is 5.57 Å². The summed E-state index contributed by atoms with van der Waals surface area (Å²) in [5.74, 6) is 0. The molecule has 0 unspecified atom stereocenters. The number of allylic oxidation sites excluding steroid dienone is 3. The van der Waals surface area contributed by atoms with Crippen LogP contribution in [0.2, 0.25) is 0 Å². The molecule has 0 bridgehead atoms. The molecule has 0 saturated carbocycles. The minimum atomic E-state index is 1.12. The molecule has 0 fully saturated rings. The van der Waals surface area contributed by atoms with Crippen molar-refractivity contribution in [2.45, 2.75) is 39.5 Å². The fourth-order valence-electron chi connectivity index (χ4n) is 0.999. The van der Waals surface area contributed by atoms with Crippen molar-refractivity contribution in [2.24, 2.45) is 0 Å². The quantitative estimate of drug-likeness (QED) is 0.508. The maximum absolute atomic E-state index is 3.70. The van der Waals surface area contributed by atoms with Crippen LogP contribution in [0.1, 0.15) is 39.5 Å². The average molecular weight is 138 g/mol. The first kappa shape index (κ1) is 9.48. The van der Waals surface area contributed by atoms with Gasteiger partial charge in [-0.05, 0) is 25.7 Å². The molecule has 0 radical (unpaired) electrons. The van der Waals surface area contributed by atoms with Crippen LogP contribution in [-0.4, -0.2) is 0 Å². The molecule has 0 aliphatic rings. The molecule has 0 aliphatic heterocycles. The molecule has 0 saturated heterocycles. The summed E-state index contributed by atoms with van der Waals surface area (Å²) in [6.45, 7) is 8.10. The molecule has 0 N–H and O–H groups in total. The molecule has 0 aliphatic carbocycles. The second-order valence-corrected chi connectivity index (χ2v) is 2.45. The van der Waals surface area contributed by atoms with Gasteiger partial charge in [0.15, 0.2) is 0 Å². The topological polar surface area (TPSA) is 0 Å². The van der Waals surface area contributed by atoms with Gasteiger partial charge in [-0.3, -0.25) is 0 Å². The number of hydrogen-bond donors (Lipinski definition) is 0. The Hall–Kier alpha value is -0.520. The van der Waals surface area contributed by atoms with Crippen LogP contribution in [0.3, 0.4) is 0 Å². The summed E-state index contributed by atoms with van der Waals surface area (Å²) in [6.07, 6.45) is 9.00. The molecule has 0 atom stereocenters. The average Bonchev–Trinajstić information content (AvgIpc) is 1.98. The predicted octanol–water partition coefficient (Wildman–Crippen LogP) is 3.70. The monoisotopic (exact) mass is 138 g/mol. The molecule has 0 heterocycles. The van der Waals surface area contributed by atoms with Crippen LogP contribution in [0.5, 0.6) is 0 Å². The van der Waals surface area contributed by atoms with E-state index in [1.807, 2.05) is 6.08 Å². The lowest BCUT2D eigenvalue weighted by Gasteiger charge is -1.99. The molecule has 0 aromatic rings. The van der Waals surface area contributed by atoms with Gasteiger partial charge in [-0.25, -0.2) is 0 Å². The first-order valence-corrected chi connectivity index (χ1v) is 4.13. The van der Waals surface area contributed by atoms with Crippen molar-refractivity contribution in [2.75, 3.05) is 0 Å². The Bertz CT molecular complexity index is 109. The summed E-state index contributed by atoms with van der Waals surface area (Å²) >= 11 is 0. The van der Waals surface area contributed by atoms with Crippen LogP contribution in [0.25, 0.3) is 0 Å². The summed E-state index contributed by atoms with van der Waals surface area (Å²) < 4.78 is 0. The second kappa shape index (κ2) is 6.60. The molecular weight excluding hydrogens is 120 g/mol. The normalized spacial score (nSPS) is 11.6. The minimum absolute atomic E-state index is 1.12. The number of hydrogen-bond acceptors (Lipinski definition) is 0. The summed E-state index contributed by atoms with van der Waals surface area (Å²) in [4.78, 5) is 0. The van der Waals surface area contributed by atoms with Crippen LogP contribution in [0.4, 0.5) is 0 Å². The zero-order valence-corrected chi connectivity index (χ0v) is 7.19. The van der Waals surface area contributed by atoms with Crippen molar-refractivity contribution in [1.82, 2.24) is 0 Å². The zero-order valence-electron chi connectivity index (χ0n) is 7.19. The lowest BCUT2D eigenvalue weighted by Crippen LogP contribution is -1.79. The fourth-order valence-corrected chi connectivity index (χ4v) is 0.999. The highest BCUT2D eigenvalue weighted by Gasteiger charge is 1.89. The van der Waals surface area contributed by atoms with Gasteiger partial charge in [0.1, 0.15) is 0 Å². The molecule has 0 amide bonds. The van der Waals surface area contributed by atoms with Crippen molar-refractivity contribution in [3.8, 4) is 0 Å². The van der Waals surface area contributed by atoms with Gasteiger partial charge in [0.05, 0.1) is 0 Å². The van der Waals surface area contributed by atoms with Gasteiger partial charge in [0.2, 0.25) is 0 Å². The maximum atomic E-state index is 3.70. The van der Waals surface area contributed by atoms with E-state index in [9.17, 15) is 0 Å². The van der Waals surface area contributed by atoms with Gasteiger partial charge in [0, 0.05) is 0 Å². The molecule has 0 nitrogen and oxygen atoms in total. The van der Waals surface area contributed by atoms with Crippen molar-refractivity contribution in [1.29, 1.82) is 0 Å². The third-order valence-corrected chi connectivity index (χ3v) is 1.62. The molecule has 0 aromatic carbocycles. The van der Waals surface area contributed by atoms with Gasteiger partial charge in [-0.1, -0.05) is 31.6 Å². The SMILES string of the molecule is C=CCCC(=CCC)CC. The lowest BCUT2D eigenvalue weighted by atomic mass is 10.1. The summed E-state index contributed by atoms with van der Waals surface area (Å²) in [6, 6.07) is 0. The predicted molar refractivity (Wildman–Crippen MR) is 48.1 cm³/mol. The van der Waals surface area contributed by atoms with E-state index in [2.05, 4.69) is 26.5 Å². The van der Waals surface area contributed by atoms with E-state index < -0.39 is 0 Å². The second-order valence-electron chi connectivity index (χ2n) is 2.45. The Morgan fingerprint density at radius 3 is 2.50 bits per heavy atom. The highest BCUT2D eigenvalue weighted by molar-refractivity contribution is 5.01. The minimum Gasteiger partial charge on any atom is -0.103 e. The van der Waals surface area contributed by atoms with Crippen molar-refractivity contribution >= 4 is 0 Å². The van der Waals surface area contributed by atoms with Gasteiger partial charge in [-0.15, -0.1) is 6.58 Å². The van der Waals surface area contributed by atoms with E-state index in [1.165, 1.54) is 19.3 Å². The van der Waals surface area contributed by atoms with Crippen LogP contribution in [-0.2, 0) is 0 Å². The van der Waals surface area contributed by atoms with Crippen molar-refractivity contribution in [3.63, 3.8) is 0 Å². The largest absolute Gasteiger partial charge is 0.103 e. The van der Waals surface area contributed by atoms with Crippen LogP contribution >= 0.6 is 0 Å². The van der Waals surface area contributed by atoms with E-state index in [4.69, 9.17) is 0 Å². The third kappa shape index (κ3) is 4.37. The third-order valence-electron chi connectivity index (χ3n) is 1.62. The molecule has 10 heavy (non-hydrogen) atoms. The molecular formula is C10H18. The Labute approximate surface area is 64.6 Å². The highest BCUT2D eigenvalue weighted by atomic mass is 14.0. The zero-order chi connectivity index (χ0) is 7.82. The van der Waals surface area contributed by atoms with E-state index in [0.717, 1.165) is 6.42 Å². The standard InChI is InChI=1S/C10H18/c1-4-7-9-10(6-3)8-5-2/h4,8H,1,5-7,9H2,2-3H3. The van der Waals surface area contributed by atoms with E-state index >= 15 is 0 Å². The van der Waals surface area contributed by atoms with E-state index in [0.29, 0.717) is 0 Å². The van der Waals surface area contributed by atoms with Crippen molar-refractivity contribution in [3.05, 3.63) is 24.3 Å². The van der Waals surface area contributed by atoms with Crippen LogP contribution < -0.4 is 0 Å². The first-order valence-electron chi connectivity index (χ1n) is 4.13. The van der Waals surface area contributed by atoms with Crippen LogP contribution in [0.15, 0.2) is 24.3 Å².